The van der Waals surface area contributed by atoms with Crippen LogP contribution in [0.1, 0.15) is 26.4 Å². The van der Waals surface area contributed by atoms with Crippen LogP contribution in [0.25, 0.3) is 0 Å². The lowest BCUT2D eigenvalue weighted by molar-refractivity contribution is 0.0601. The number of H-pyrrole nitrogens is 2. The summed E-state index contributed by atoms with van der Waals surface area (Å²) in [6.45, 7) is 3.65. The summed E-state index contributed by atoms with van der Waals surface area (Å²) in [5.41, 5.74) is 0.471. The molecule has 0 aliphatic carbocycles. The maximum Gasteiger partial charge on any atom is 0.341 e. The van der Waals surface area contributed by atoms with E-state index >= 15 is 0 Å². The molecule has 9 heteroatoms. The average molecular weight is 339 g/mol. The van der Waals surface area contributed by atoms with Crippen LogP contribution in [0.5, 0.6) is 5.88 Å². The van der Waals surface area contributed by atoms with Crippen molar-refractivity contribution in [3.05, 3.63) is 36.7 Å². The Hall–Kier alpha value is -2.26. The normalized spacial score (nSPS) is 11.0. The summed E-state index contributed by atoms with van der Waals surface area (Å²) < 4.78 is 4.75. The van der Waals surface area contributed by atoms with E-state index in [9.17, 15) is 14.7 Å². The topological polar surface area (TPSA) is 108 Å². The largest absolute Gasteiger partial charge is 0.494 e. The van der Waals surface area contributed by atoms with Gasteiger partial charge in [0.25, 0.3) is 5.56 Å². The molecule has 0 aliphatic heterocycles. The highest BCUT2D eigenvalue weighted by Crippen LogP contribution is 2.35. The minimum Gasteiger partial charge on any atom is -0.494 e. The smallest absolute Gasteiger partial charge is 0.341 e. The molecule has 0 fully saturated rings. The summed E-state index contributed by atoms with van der Waals surface area (Å²) >= 11 is 6.04. The molecule has 22 heavy (non-hydrogen) atoms. The molecule has 2 aromatic heterocycles. The Morgan fingerprint density at radius 2 is 2.09 bits per heavy atom. The zero-order valence-corrected chi connectivity index (χ0v) is 13.6. The van der Waals surface area contributed by atoms with E-state index in [1.165, 1.54) is 24.7 Å². The number of aromatic hydroxyl groups is 1. The Morgan fingerprint density at radius 3 is 2.68 bits per heavy atom. The monoisotopic (exact) mass is 339 g/mol. The van der Waals surface area contributed by atoms with Gasteiger partial charge in [0, 0.05) is 11.1 Å². The molecular formula is C13H13N3O4S2. The highest BCUT2D eigenvalue weighted by atomic mass is 32.1. The van der Waals surface area contributed by atoms with Gasteiger partial charge in [-0.3, -0.25) is 9.78 Å². The van der Waals surface area contributed by atoms with Crippen LogP contribution in [0.4, 0.5) is 5.00 Å². The number of aromatic nitrogens is 2. The number of hydrogen-bond donors (Lipinski definition) is 3. The van der Waals surface area contributed by atoms with Crippen molar-refractivity contribution >= 4 is 40.7 Å². The van der Waals surface area contributed by atoms with Gasteiger partial charge in [-0.1, -0.05) is 0 Å². The first-order valence-electron chi connectivity index (χ1n) is 6.13. The number of nitrogens with one attached hydrogen (secondary N) is 2. The molecule has 0 spiro atoms. The van der Waals surface area contributed by atoms with Crippen LogP contribution >= 0.6 is 23.6 Å². The van der Waals surface area contributed by atoms with Crippen LogP contribution in [0.3, 0.4) is 0 Å². The highest BCUT2D eigenvalue weighted by Gasteiger charge is 2.19. The van der Waals surface area contributed by atoms with Crippen LogP contribution < -0.4 is 5.56 Å². The Labute approximate surface area is 134 Å². The first kappa shape index (κ1) is 16.1. The van der Waals surface area contributed by atoms with E-state index in [0.29, 0.717) is 10.6 Å². The molecule has 116 valence electrons. The summed E-state index contributed by atoms with van der Waals surface area (Å²) in [4.78, 5) is 33.4. The van der Waals surface area contributed by atoms with Gasteiger partial charge in [0.1, 0.15) is 10.6 Å². The van der Waals surface area contributed by atoms with E-state index in [-0.39, 0.29) is 16.2 Å². The number of methoxy groups -OCH3 is 1. The minimum atomic E-state index is -0.574. The lowest BCUT2D eigenvalue weighted by Gasteiger charge is -2.00. The third-order valence-electron chi connectivity index (χ3n) is 3.03. The Morgan fingerprint density at radius 1 is 1.41 bits per heavy atom. The first-order valence-corrected chi connectivity index (χ1v) is 7.35. The lowest BCUT2D eigenvalue weighted by atomic mass is 10.1. The van der Waals surface area contributed by atoms with Crippen molar-refractivity contribution in [1.82, 2.24) is 9.97 Å². The maximum atomic E-state index is 11.8. The highest BCUT2D eigenvalue weighted by molar-refractivity contribution is 7.71. The second kappa shape index (κ2) is 6.24. The fourth-order valence-corrected chi connectivity index (χ4v) is 2.95. The summed E-state index contributed by atoms with van der Waals surface area (Å²) in [5, 5.41) is 10.1. The third kappa shape index (κ3) is 3.00. The van der Waals surface area contributed by atoms with Gasteiger partial charge in [-0.2, -0.15) is 0 Å². The molecule has 0 amide bonds. The van der Waals surface area contributed by atoms with E-state index in [0.717, 1.165) is 10.4 Å². The molecule has 0 radical (unpaired) electrons. The number of thiophene rings is 1. The summed E-state index contributed by atoms with van der Waals surface area (Å²) in [6, 6.07) is 0. The van der Waals surface area contributed by atoms with E-state index in [1.807, 2.05) is 6.92 Å². The lowest BCUT2D eigenvalue weighted by Crippen LogP contribution is -2.13. The SMILES string of the molecule is COC(=O)c1c(/N=C/c2c(O)[nH]c(=S)[nH]c2=O)sc(C)c1C. The average Bonchev–Trinajstić information content (AvgIpc) is 2.72. The van der Waals surface area contributed by atoms with Gasteiger partial charge >= 0.3 is 5.97 Å². The number of aromatic amines is 2. The number of nitrogens with zero attached hydrogens (tertiary/aromatic N) is 1. The van der Waals surface area contributed by atoms with Crippen LogP contribution in [0.2, 0.25) is 0 Å². The van der Waals surface area contributed by atoms with Gasteiger partial charge in [-0.25, -0.2) is 9.79 Å². The Bertz CT molecular complexity index is 876. The van der Waals surface area contributed by atoms with Gasteiger partial charge in [0.2, 0.25) is 5.88 Å². The van der Waals surface area contributed by atoms with Gasteiger partial charge < -0.3 is 14.8 Å². The number of ether oxygens (including phenoxy) is 1. The summed E-state index contributed by atoms with van der Waals surface area (Å²) in [6.07, 6.45) is 1.18. The third-order valence-corrected chi connectivity index (χ3v) is 4.35. The van der Waals surface area contributed by atoms with Gasteiger partial charge in [-0.05, 0) is 31.6 Å². The van der Waals surface area contributed by atoms with Crippen molar-refractivity contribution in [2.75, 3.05) is 7.11 Å². The van der Waals surface area contributed by atoms with Crippen molar-refractivity contribution < 1.29 is 14.6 Å². The predicted molar refractivity (Wildman–Crippen MR) is 86.3 cm³/mol. The number of carbonyl (C=O) groups excluding carboxylic acids is 1. The first-order chi connectivity index (χ1) is 10.3. The van der Waals surface area contributed by atoms with Crippen molar-refractivity contribution in [3.8, 4) is 5.88 Å². The quantitative estimate of drug-likeness (QED) is 0.452. The molecule has 0 atom stereocenters. The number of esters is 1. The van der Waals surface area contributed by atoms with E-state index < -0.39 is 11.5 Å². The van der Waals surface area contributed by atoms with Crippen molar-refractivity contribution in [3.63, 3.8) is 0 Å². The van der Waals surface area contributed by atoms with Gasteiger partial charge in [0.05, 0.1) is 12.7 Å². The fraction of sp³-hybridized carbons (Fsp3) is 0.231. The molecule has 0 saturated heterocycles. The van der Waals surface area contributed by atoms with E-state index in [4.69, 9.17) is 17.0 Å². The van der Waals surface area contributed by atoms with Crippen LogP contribution in [-0.4, -0.2) is 34.4 Å². The molecule has 2 aromatic rings. The number of rotatable bonds is 3. The molecule has 2 rings (SSSR count). The van der Waals surface area contributed by atoms with Crippen LogP contribution in [-0.2, 0) is 4.74 Å². The molecule has 2 heterocycles. The minimum absolute atomic E-state index is 0.0118. The van der Waals surface area contributed by atoms with Crippen molar-refractivity contribution in [2.24, 2.45) is 4.99 Å². The van der Waals surface area contributed by atoms with Crippen molar-refractivity contribution in [1.29, 1.82) is 0 Å². The Balaban J connectivity index is 2.52. The Kier molecular flexibility index (Phi) is 4.57. The molecule has 7 nitrogen and oxygen atoms in total. The van der Waals surface area contributed by atoms with E-state index in [2.05, 4.69) is 15.0 Å². The maximum absolute atomic E-state index is 11.8. The number of aliphatic imine (C=N–C) groups is 1. The fourth-order valence-electron chi connectivity index (χ4n) is 1.77. The molecule has 0 bridgehead atoms. The summed E-state index contributed by atoms with van der Waals surface area (Å²) in [7, 11) is 1.29. The second-order valence-electron chi connectivity index (χ2n) is 4.38. The van der Waals surface area contributed by atoms with Crippen molar-refractivity contribution in [2.45, 2.75) is 13.8 Å². The molecule has 0 aromatic carbocycles. The second-order valence-corrected chi connectivity index (χ2v) is 6.00. The number of hydrogen-bond acceptors (Lipinski definition) is 7. The van der Waals surface area contributed by atoms with E-state index in [1.54, 1.807) is 6.92 Å². The zero-order valence-electron chi connectivity index (χ0n) is 12.0. The zero-order chi connectivity index (χ0) is 16.4. The standard InChI is InChI=1S/C13H13N3O4S2/c1-5-6(2)22-11(8(5)12(19)20-3)14-4-7-9(17)15-13(21)16-10(7)18/h4H,1-3H3,(H3,15,16,17,18,21)/b14-4+. The molecule has 0 saturated carbocycles. The predicted octanol–water partition coefficient (Wildman–Crippen LogP) is 2.35. The van der Waals surface area contributed by atoms with Gasteiger partial charge in [0.15, 0.2) is 4.77 Å². The molecule has 0 unspecified atom stereocenters. The number of carbonyl (C=O) groups is 1. The molecular weight excluding hydrogens is 326 g/mol. The van der Waals surface area contributed by atoms with Gasteiger partial charge in [-0.15, -0.1) is 11.3 Å². The number of aryl methyl sites for hydroxylation is 1. The van der Waals surface area contributed by atoms with Crippen LogP contribution in [0, 0.1) is 18.6 Å². The molecule has 3 N–H and O–H groups in total. The van der Waals surface area contributed by atoms with Crippen LogP contribution in [0.15, 0.2) is 9.79 Å². The summed E-state index contributed by atoms with van der Waals surface area (Å²) in [5.74, 6) is -0.887. The molecule has 0 aliphatic rings.